The Bertz CT molecular complexity index is 284. The minimum atomic E-state index is 0.571. The Kier molecular flexibility index (Phi) is 2.69. The van der Waals surface area contributed by atoms with Crippen LogP contribution < -0.4 is 0 Å². The van der Waals surface area contributed by atoms with Crippen LogP contribution in [0, 0.1) is 12.8 Å². The quantitative estimate of drug-likeness (QED) is 0.673. The molecular weight excluding hydrogens is 150 g/mol. The van der Waals surface area contributed by atoms with Crippen molar-refractivity contribution in [1.82, 2.24) is 5.16 Å². The molecule has 12 heavy (non-hydrogen) atoms. The molecular formula is C10H15NO. The van der Waals surface area contributed by atoms with Crippen molar-refractivity contribution >= 4 is 6.08 Å². The molecule has 0 aliphatic heterocycles. The zero-order valence-electron chi connectivity index (χ0n) is 8.09. The summed E-state index contributed by atoms with van der Waals surface area (Å²) in [5.74, 6) is 1.43. The highest BCUT2D eigenvalue weighted by molar-refractivity contribution is 5.48. The van der Waals surface area contributed by atoms with E-state index in [0.29, 0.717) is 5.92 Å². The molecule has 0 N–H and O–H groups in total. The molecule has 0 saturated carbocycles. The Hall–Kier alpha value is -1.05. The van der Waals surface area contributed by atoms with Gasteiger partial charge in [0.05, 0.1) is 0 Å². The maximum Gasteiger partial charge on any atom is 0.134 e. The summed E-state index contributed by atoms with van der Waals surface area (Å²) in [6.07, 6.45) is 2.06. The summed E-state index contributed by atoms with van der Waals surface area (Å²) < 4.78 is 4.95. The molecule has 2 nitrogen and oxygen atoms in total. The molecule has 1 aromatic heterocycles. The van der Waals surface area contributed by atoms with Crippen molar-refractivity contribution in [3.05, 3.63) is 23.1 Å². The molecule has 0 spiro atoms. The van der Waals surface area contributed by atoms with Gasteiger partial charge in [-0.15, -0.1) is 0 Å². The number of aryl methyl sites for hydroxylation is 1. The number of hydrogen-bond acceptors (Lipinski definition) is 2. The standard InChI is InChI=1S/C10H15NO/c1-7(2)8(3)5-10-6-9(4)12-11-10/h5-7H,1-4H3/b8-5+. The first kappa shape index (κ1) is 9.04. The molecule has 2 heteroatoms. The summed E-state index contributed by atoms with van der Waals surface area (Å²) in [5.41, 5.74) is 2.24. The summed E-state index contributed by atoms with van der Waals surface area (Å²) in [7, 11) is 0. The second-order valence-electron chi connectivity index (χ2n) is 3.41. The van der Waals surface area contributed by atoms with E-state index in [0.717, 1.165) is 11.5 Å². The van der Waals surface area contributed by atoms with Gasteiger partial charge in [-0.05, 0) is 25.8 Å². The van der Waals surface area contributed by atoms with Crippen LogP contribution in [0.5, 0.6) is 0 Å². The van der Waals surface area contributed by atoms with Gasteiger partial charge in [0.2, 0.25) is 0 Å². The van der Waals surface area contributed by atoms with Crippen LogP contribution in [0.15, 0.2) is 16.2 Å². The molecule has 0 aliphatic carbocycles. The summed E-state index contributed by atoms with van der Waals surface area (Å²) in [4.78, 5) is 0. The fraction of sp³-hybridized carbons (Fsp3) is 0.500. The Labute approximate surface area is 73.3 Å². The second-order valence-corrected chi connectivity index (χ2v) is 3.41. The van der Waals surface area contributed by atoms with Gasteiger partial charge < -0.3 is 4.52 Å². The van der Waals surface area contributed by atoms with E-state index < -0.39 is 0 Å². The van der Waals surface area contributed by atoms with Crippen LogP contribution in [-0.2, 0) is 0 Å². The van der Waals surface area contributed by atoms with Crippen LogP contribution >= 0.6 is 0 Å². The van der Waals surface area contributed by atoms with Gasteiger partial charge in [-0.2, -0.15) is 0 Å². The normalized spacial score (nSPS) is 12.6. The van der Waals surface area contributed by atoms with Crippen LogP contribution in [0.2, 0.25) is 0 Å². The molecule has 0 aliphatic rings. The minimum Gasteiger partial charge on any atom is -0.361 e. The number of aromatic nitrogens is 1. The lowest BCUT2D eigenvalue weighted by atomic mass is 10.0. The van der Waals surface area contributed by atoms with Crippen LogP contribution in [0.3, 0.4) is 0 Å². The SMILES string of the molecule is C/C(=C\c1cc(C)on1)C(C)C. The summed E-state index contributed by atoms with van der Waals surface area (Å²) >= 11 is 0. The van der Waals surface area contributed by atoms with Crippen molar-refractivity contribution in [2.75, 3.05) is 0 Å². The molecule has 1 aromatic rings. The Balaban J connectivity index is 2.80. The Morgan fingerprint density at radius 1 is 1.58 bits per heavy atom. The number of nitrogens with zero attached hydrogens (tertiary/aromatic N) is 1. The molecule has 0 radical (unpaired) electrons. The highest BCUT2D eigenvalue weighted by atomic mass is 16.5. The first-order valence-corrected chi connectivity index (χ1v) is 4.21. The molecule has 0 bridgehead atoms. The van der Waals surface area contributed by atoms with Crippen molar-refractivity contribution in [2.45, 2.75) is 27.7 Å². The topological polar surface area (TPSA) is 26.0 Å². The molecule has 0 atom stereocenters. The van der Waals surface area contributed by atoms with Crippen LogP contribution in [-0.4, -0.2) is 5.16 Å². The average molecular weight is 165 g/mol. The van der Waals surface area contributed by atoms with E-state index in [1.54, 1.807) is 0 Å². The van der Waals surface area contributed by atoms with Crippen LogP contribution in [0.4, 0.5) is 0 Å². The lowest BCUT2D eigenvalue weighted by Crippen LogP contribution is -1.87. The second kappa shape index (κ2) is 3.57. The molecule has 0 saturated heterocycles. The molecule has 0 amide bonds. The largest absolute Gasteiger partial charge is 0.361 e. The fourth-order valence-electron chi connectivity index (χ4n) is 0.854. The molecule has 1 rings (SSSR count). The maximum absolute atomic E-state index is 4.95. The van der Waals surface area contributed by atoms with Crippen molar-refractivity contribution < 1.29 is 4.52 Å². The predicted octanol–water partition coefficient (Wildman–Crippen LogP) is 3.04. The van der Waals surface area contributed by atoms with Crippen LogP contribution in [0.1, 0.15) is 32.2 Å². The van der Waals surface area contributed by atoms with Gasteiger partial charge in [0, 0.05) is 6.07 Å². The summed E-state index contributed by atoms with van der Waals surface area (Å²) in [6, 6.07) is 1.94. The zero-order chi connectivity index (χ0) is 9.14. The van der Waals surface area contributed by atoms with E-state index >= 15 is 0 Å². The van der Waals surface area contributed by atoms with Gasteiger partial charge in [-0.1, -0.05) is 24.6 Å². The third-order valence-corrected chi connectivity index (χ3v) is 1.93. The number of allylic oxidation sites excluding steroid dienone is 1. The van der Waals surface area contributed by atoms with E-state index in [2.05, 4.69) is 32.0 Å². The van der Waals surface area contributed by atoms with Crippen molar-refractivity contribution in [2.24, 2.45) is 5.92 Å². The lowest BCUT2D eigenvalue weighted by molar-refractivity contribution is 0.396. The zero-order valence-corrected chi connectivity index (χ0v) is 8.09. The van der Waals surface area contributed by atoms with Gasteiger partial charge in [0.1, 0.15) is 11.5 Å². The molecule has 0 unspecified atom stereocenters. The van der Waals surface area contributed by atoms with Crippen molar-refractivity contribution in [1.29, 1.82) is 0 Å². The van der Waals surface area contributed by atoms with E-state index in [4.69, 9.17) is 4.52 Å². The van der Waals surface area contributed by atoms with E-state index in [1.807, 2.05) is 13.0 Å². The number of rotatable bonds is 2. The molecule has 1 heterocycles. The predicted molar refractivity (Wildman–Crippen MR) is 49.7 cm³/mol. The minimum absolute atomic E-state index is 0.571. The fourth-order valence-corrected chi connectivity index (χ4v) is 0.854. The van der Waals surface area contributed by atoms with Gasteiger partial charge in [-0.3, -0.25) is 0 Å². The Morgan fingerprint density at radius 2 is 2.25 bits per heavy atom. The van der Waals surface area contributed by atoms with Gasteiger partial charge in [-0.25, -0.2) is 0 Å². The van der Waals surface area contributed by atoms with E-state index in [9.17, 15) is 0 Å². The van der Waals surface area contributed by atoms with Crippen molar-refractivity contribution in [3.8, 4) is 0 Å². The first-order chi connectivity index (χ1) is 5.59. The molecule has 0 aromatic carbocycles. The van der Waals surface area contributed by atoms with Crippen molar-refractivity contribution in [3.63, 3.8) is 0 Å². The van der Waals surface area contributed by atoms with E-state index in [-0.39, 0.29) is 0 Å². The third-order valence-electron chi connectivity index (χ3n) is 1.93. The molecule has 66 valence electrons. The van der Waals surface area contributed by atoms with Gasteiger partial charge in [0.15, 0.2) is 0 Å². The highest BCUT2D eigenvalue weighted by Crippen LogP contribution is 2.13. The van der Waals surface area contributed by atoms with E-state index in [1.165, 1.54) is 5.57 Å². The maximum atomic E-state index is 4.95. The average Bonchev–Trinajstić information content (AvgIpc) is 2.35. The lowest BCUT2D eigenvalue weighted by Gasteiger charge is -2.01. The van der Waals surface area contributed by atoms with Gasteiger partial charge in [0.25, 0.3) is 0 Å². The smallest absolute Gasteiger partial charge is 0.134 e. The summed E-state index contributed by atoms with van der Waals surface area (Å²) in [6.45, 7) is 8.33. The van der Waals surface area contributed by atoms with Gasteiger partial charge >= 0.3 is 0 Å². The molecule has 0 fully saturated rings. The monoisotopic (exact) mass is 165 g/mol. The highest BCUT2D eigenvalue weighted by Gasteiger charge is 1.99. The Morgan fingerprint density at radius 3 is 2.67 bits per heavy atom. The summed E-state index contributed by atoms with van der Waals surface area (Å²) in [5, 5.41) is 3.89. The third kappa shape index (κ3) is 2.22. The number of hydrogen-bond donors (Lipinski definition) is 0. The first-order valence-electron chi connectivity index (χ1n) is 4.21. The van der Waals surface area contributed by atoms with Crippen LogP contribution in [0.25, 0.3) is 6.08 Å².